The van der Waals surface area contributed by atoms with Gasteiger partial charge in [0.2, 0.25) is 11.8 Å². The van der Waals surface area contributed by atoms with Crippen molar-refractivity contribution >= 4 is 11.8 Å². The Bertz CT molecular complexity index is 937. The molecular weight excluding hydrogens is 387 g/mol. The molecule has 29 heavy (non-hydrogen) atoms. The maximum atomic E-state index is 12.9. The van der Waals surface area contributed by atoms with Crippen molar-refractivity contribution in [1.82, 2.24) is 15.0 Å². The number of rotatable bonds is 3. The van der Waals surface area contributed by atoms with E-state index in [4.69, 9.17) is 4.52 Å². The molecule has 2 aliphatic heterocycles. The van der Waals surface area contributed by atoms with Crippen LogP contribution in [0.4, 0.5) is 13.2 Å². The Hall–Kier alpha value is -2.84. The third kappa shape index (κ3) is 3.61. The van der Waals surface area contributed by atoms with E-state index in [2.05, 4.69) is 5.16 Å². The lowest BCUT2D eigenvalue weighted by molar-refractivity contribution is -0.143. The minimum Gasteiger partial charge on any atom is -0.360 e. The fourth-order valence-corrected chi connectivity index (χ4v) is 3.92. The van der Waals surface area contributed by atoms with Gasteiger partial charge in [-0.25, -0.2) is 0 Å². The van der Waals surface area contributed by atoms with Crippen LogP contribution >= 0.6 is 0 Å². The van der Waals surface area contributed by atoms with Crippen molar-refractivity contribution in [3.05, 3.63) is 41.2 Å². The van der Waals surface area contributed by atoms with Gasteiger partial charge >= 0.3 is 6.18 Å². The van der Waals surface area contributed by atoms with Crippen LogP contribution in [0.2, 0.25) is 0 Å². The van der Waals surface area contributed by atoms with E-state index in [-0.39, 0.29) is 18.4 Å². The summed E-state index contributed by atoms with van der Waals surface area (Å²) in [6, 6.07) is 4.17. The number of benzene rings is 1. The van der Waals surface area contributed by atoms with Gasteiger partial charge in [-0.15, -0.1) is 0 Å². The predicted molar refractivity (Wildman–Crippen MR) is 96.5 cm³/mol. The first-order valence-electron chi connectivity index (χ1n) is 9.49. The van der Waals surface area contributed by atoms with Gasteiger partial charge < -0.3 is 14.3 Å². The highest BCUT2D eigenvalue weighted by molar-refractivity contribution is 5.88. The smallest absolute Gasteiger partial charge is 0.360 e. The standard InChI is InChI=1S/C20H20F3N3O3/c1-12(26-9-2-3-17(26)27)19(28)25-10-8-16-15(11-25)18(24-29-16)13-4-6-14(7-5-13)20(21,22)23/h4-7,12H,2-3,8-11H2,1H3/t12-/m0/s1. The normalized spacial score (nSPS) is 18.1. The van der Waals surface area contributed by atoms with Gasteiger partial charge in [-0.2, -0.15) is 13.2 Å². The Balaban J connectivity index is 1.55. The SMILES string of the molecule is C[C@@H](C(=O)N1CCc2onc(-c3ccc(C(F)(F)F)cc3)c2C1)N1CCCC1=O. The number of likely N-dealkylation sites (tertiary alicyclic amines) is 1. The molecule has 1 aromatic carbocycles. The van der Waals surface area contributed by atoms with Crippen LogP contribution in [0.15, 0.2) is 28.8 Å². The molecule has 2 aromatic rings. The van der Waals surface area contributed by atoms with Gasteiger partial charge in [0.05, 0.1) is 12.1 Å². The summed E-state index contributed by atoms with van der Waals surface area (Å²) in [5, 5.41) is 4.03. The van der Waals surface area contributed by atoms with Crippen LogP contribution < -0.4 is 0 Å². The topological polar surface area (TPSA) is 66.7 Å². The summed E-state index contributed by atoms with van der Waals surface area (Å²) in [6.07, 6.45) is -2.72. The first-order valence-corrected chi connectivity index (χ1v) is 9.49. The van der Waals surface area contributed by atoms with Crippen LogP contribution in [0, 0.1) is 0 Å². The molecule has 4 rings (SSSR count). The Morgan fingerprint density at radius 1 is 1.17 bits per heavy atom. The highest BCUT2D eigenvalue weighted by atomic mass is 19.4. The lowest BCUT2D eigenvalue weighted by atomic mass is 10.00. The summed E-state index contributed by atoms with van der Waals surface area (Å²) < 4.78 is 43.8. The van der Waals surface area contributed by atoms with Gasteiger partial charge in [0.25, 0.3) is 0 Å². The van der Waals surface area contributed by atoms with Crippen molar-refractivity contribution in [2.24, 2.45) is 0 Å². The number of amides is 2. The van der Waals surface area contributed by atoms with Crippen molar-refractivity contribution in [2.75, 3.05) is 13.1 Å². The quantitative estimate of drug-likeness (QED) is 0.784. The number of halogens is 3. The zero-order valence-electron chi connectivity index (χ0n) is 15.8. The second-order valence-corrected chi connectivity index (χ2v) is 7.38. The number of nitrogens with zero attached hydrogens (tertiary/aromatic N) is 3. The predicted octanol–water partition coefficient (Wildman–Crippen LogP) is 3.26. The maximum Gasteiger partial charge on any atom is 0.416 e. The molecular formula is C20H20F3N3O3. The van der Waals surface area contributed by atoms with E-state index >= 15 is 0 Å². The van der Waals surface area contributed by atoms with Crippen LogP contribution in [0.1, 0.15) is 36.7 Å². The summed E-state index contributed by atoms with van der Waals surface area (Å²) in [5.41, 5.74) is 0.903. The highest BCUT2D eigenvalue weighted by Gasteiger charge is 2.35. The van der Waals surface area contributed by atoms with E-state index in [1.807, 2.05) is 0 Å². The second kappa shape index (κ2) is 7.20. The van der Waals surface area contributed by atoms with E-state index in [1.165, 1.54) is 12.1 Å². The van der Waals surface area contributed by atoms with Crippen LogP contribution in [-0.2, 0) is 28.7 Å². The number of carbonyl (C=O) groups is 2. The molecule has 0 radical (unpaired) electrons. The minimum absolute atomic E-state index is 0.0148. The molecule has 0 unspecified atom stereocenters. The van der Waals surface area contributed by atoms with Gasteiger partial charge in [0, 0.05) is 37.1 Å². The number of fused-ring (bicyclic) bond motifs is 1. The molecule has 0 bridgehead atoms. The summed E-state index contributed by atoms with van der Waals surface area (Å²) in [4.78, 5) is 28.1. The Kier molecular flexibility index (Phi) is 4.84. The van der Waals surface area contributed by atoms with Gasteiger partial charge in [0.1, 0.15) is 17.5 Å². The lowest BCUT2D eigenvalue weighted by Crippen LogP contribution is -2.48. The van der Waals surface area contributed by atoms with E-state index < -0.39 is 17.8 Å². The summed E-state index contributed by atoms with van der Waals surface area (Å²) in [5.74, 6) is 0.471. The third-order valence-corrected chi connectivity index (χ3v) is 5.56. The van der Waals surface area contributed by atoms with Crippen molar-refractivity contribution in [2.45, 2.75) is 44.9 Å². The van der Waals surface area contributed by atoms with Gasteiger partial charge in [-0.05, 0) is 25.5 Å². The first kappa shape index (κ1) is 19.5. The van der Waals surface area contributed by atoms with Gasteiger partial charge in [0.15, 0.2) is 0 Å². The molecule has 2 amide bonds. The number of hydrogen-bond donors (Lipinski definition) is 0. The molecule has 154 valence electrons. The maximum absolute atomic E-state index is 12.9. The number of aromatic nitrogens is 1. The number of carbonyl (C=O) groups excluding carboxylic acids is 2. The third-order valence-electron chi connectivity index (χ3n) is 5.56. The zero-order valence-corrected chi connectivity index (χ0v) is 15.8. The molecule has 1 fully saturated rings. The van der Waals surface area contributed by atoms with E-state index in [0.717, 1.165) is 18.6 Å². The Labute approximate surface area is 165 Å². The average molecular weight is 407 g/mol. The molecule has 9 heteroatoms. The summed E-state index contributed by atoms with van der Waals surface area (Å²) >= 11 is 0. The monoisotopic (exact) mass is 407 g/mol. The first-order chi connectivity index (χ1) is 13.8. The van der Waals surface area contributed by atoms with E-state index in [1.54, 1.807) is 16.7 Å². The summed E-state index contributed by atoms with van der Waals surface area (Å²) in [7, 11) is 0. The molecule has 0 N–H and O–H groups in total. The lowest BCUT2D eigenvalue weighted by Gasteiger charge is -2.32. The molecule has 1 saturated heterocycles. The molecule has 6 nitrogen and oxygen atoms in total. The highest BCUT2D eigenvalue weighted by Crippen LogP contribution is 2.34. The zero-order chi connectivity index (χ0) is 20.8. The molecule has 1 aromatic heterocycles. The molecule has 0 saturated carbocycles. The van der Waals surface area contributed by atoms with Crippen molar-refractivity contribution in [3.63, 3.8) is 0 Å². The largest absolute Gasteiger partial charge is 0.416 e. The fraction of sp³-hybridized carbons (Fsp3) is 0.450. The van der Waals surface area contributed by atoms with Crippen molar-refractivity contribution in [3.8, 4) is 11.3 Å². The van der Waals surface area contributed by atoms with Crippen LogP contribution in [-0.4, -0.2) is 45.9 Å². The van der Waals surface area contributed by atoms with E-state index in [0.29, 0.717) is 48.5 Å². The van der Waals surface area contributed by atoms with Crippen molar-refractivity contribution < 1.29 is 27.3 Å². The molecule has 0 spiro atoms. The van der Waals surface area contributed by atoms with Crippen molar-refractivity contribution in [1.29, 1.82) is 0 Å². The Morgan fingerprint density at radius 2 is 1.90 bits per heavy atom. The molecule has 2 aliphatic rings. The average Bonchev–Trinajstić information content (AvgIpc) is 3.31. The number of alkyl halides is 3. The number of hydrogen-bond acceptors (Lipinski definition) is 4. The van der Waals surface area contributed by atoms with Crippen LogP contribution in [0.5, 0.6) is 0 Å². The minimum atomic E-state index is -4.41. The van der Waals surface area contributed by atoms with Gasteiger partial charge in [-0.3, -0.25) is 9.59 Å². The van der Waals surface area contributed by atoms with E-state index in [9.17, 15) is 22.8 Å². The summed E-state index contributed by atoms with van der Waals surface area (Å²) in [6.45, 7) is 3.00. The molecule has 3 heterocycles. The fourth-order valence-electron chi connectivity index (χ4n) is 3.92. The molecule has 1 atom stereocenters. The van der Waals surface area contributed by atoms with Crippen LogP contribution in [0.3, 0.4) is 0 Å². The van der Waals surface area contributed by atoms with Crippen LogP contribution in [0.25, 0.3) is 11.3 Å². The second-order valence-electron chi connectivity index (χ2n) is 7.38. The molecule has 0 aliphatic carbocycles. The van der Waals surface area contributed by atoms with Gasteiger partial charge in [-0.1, -0.05) is 17.3 Å². The Morgan fingerprint density at radius 3 is 2.52 bits per heavy atom.